The topological polar surface area (TPSA) is 161 Å². The molecule has 0 radical (unpaired) electrons. The van der Waals surface area contributed by atoms with Crippen LogP contribution in [0.15, 0.2) is 65.6 Å². The summed E-state index contributed by atoms with van der Waals surface area (Å²) in [6.07, 6.45) is 0.411. The molecule has 1 amide bonds. The molecule has 2 saturated carbocycles. The lowest BCUT2D eigenvalue weighted by Crippen LogP contribution is -2.49. The van der Waals surface area contributed by atoms with E-state index < -0.39 is 32.8 Å². The highest BCUT2D eigenvalue weighted by Gasteiger charge is 2.48. The van der Waals surface area contributed by atoms with Crippen LogP contribution in [0.1, 0.15) is 79.5 Å². The number of piperidine rings is 1. The van der Waals surface area contributed by atoms with Gasteiger partial charge in [-0.1, -0.05) is 30.3 Å². The fourth-order valence-corrected chi connectivity index (χ4v) is 9.87. The SMILES string of the molecule is COc1ccc(CNS(=O)(=O)c2c(C(F)(F)F)ccc(C3CCC4(CC3)CCN(CC3(NC(=O)O)CC3)CC4)c2-c2nnnn2Cc2ccc(OC)cc2)cc1. The van der Waals surface area contributed by atoms with Crippen molar-refractivity contribution in [2.45, 2.75) is 87.0 Å². The standard InChI is InChI=1S/C39H46F3N7O6S/c1-54-29-7-3-26(4-8-29)23-43-56(52,53)34-32(39(40,41)42)12-11-31(33(34)35-45-46-47-49(35)24-27-5-9-30(55-2)10-6-27)28-13-15-37(16-14-28)19-21-48(22-20-37)25-38(17-18-38)44-36(50)51/h3-12,28,43-44H,13-25H2,1-2H3,(H,50,51). The molecule has 300 valence electrons. The maximum Gasteiger partial charge on any atom is 0.417 e. The molecule has 1 spiro atoms. The van der Waals surface area contributed by atoms with Crippen molar-refractivity contribution in [3.63, 3.8) is 0 Å². The van der Waals surface area contributed by atoms with E-state index >= 15 is 0 Å². The summed E-state index contributed by atoms with van der Waals surface area (Å²) in [5.41, 5.74) is -0.0690. The Morgan fingerprint density at radius 1 is 0.893 bits per heavy atom. The Morgan fingerprint density at radius 2 is 1.50 bits per heavy atom. The molecule has 3 aromatic carbocycles. The number of carboxylic acid groups (broad SMARTS) is 1. The van der Waals surface area contributed by atoms with Gasteiger partial charge >= 0.3 is 12.3 Å². The van der Waals surface area contributed by atoms with E-state index in [1.165, 1.54) is 25.0 Å². The average Bonchev–Trinajstić information content (AvgIpc) is 3.77. The first kappa shape index (κ1) is 39.5. The van der Waals surface area contributed by atoms with Crippen molar-refractivity contribution in [1.29, 1.82) is 0 Å². The number of amides is 1. The third-order valence-electron chi connectivity index (χ3n) is 11.8. The molecule has 3 aliphatic rings. The summed E-state index contributed by atoms with van der Waals surface area (Å²) >= 11 is 0. The van der Waals surface area contributed by atoms with Gasteiger partial charge in [0.05, 0.1) is 31.9 Å². The molecular formula is C39H46F3N7O6S. The number of hydrogen-bond acceptors (Lipinski definition) is 9. The maximum absolute atomic E-state index is 15.0. The summed E-state index contributed by atoms with van der Waals surface area (Å²) in [5.74, 6) is 0.829. The lowest BCUT2D eigenvalue weighted by atomic mass is 9.64. The highest BCUT2D eigenvalue weighted by Crippen LogP contribution is 2.52. The second-order valence-electron chi connectivity index (χ2n) is 15.3. The van der Waals surface area contributed by atoms with Crippen molar-refractivity contribution in [3.8, 4) is 22.9 Å². The summed E-state index contributed by atoms with van der Waals surface area (Å²) in [4.78, 5) is 12.7. The van der Waals surface area contributed by atoms with E-state index in [-0.39, 0.29) is 41.3 Å². The summed E-state index contributed by atoms with van der Waals surface area (Å²) in [5, 5.41) is 24.2. The monoisotopic (exact) mass is 797 g/mol. The molecule has 3 fully saturated rings. The number of carbonyl (C=O) groups is 1. The minimum atomic E-state index is -5.02. The van der Waals surface area contributed by atoms with E-state index in [2.05, 4.69) is 30.5 Å². The first-order valence-corrected chi connectivity index (χ1v) is 20.2. The number of ether oxygens (including phenoxy) is 2. The Hall–Kier alpha value is -4.74. The van der Waals surface area contributed by atoms with Gasteiger partial charge in [-0.2, -0.15) is 13.2 Å². The number of halogens is 3. The highest BCUT2D eigenvalue weighted by molar-refractivity contribution is 7.89. The Kier molecular flexibility index (Phi) is 11.0. The van der Waals surface area contributed by atoms with E-state index in [1.54, 1.807) is 48.5 Å². The van der Waals surface area contributed by atoms with Crippen LogP contribution in [0.25, 0.3) is 11.4 Å². The predicted octanol–water partition coefficient (Wildman–Crippen LogP) is 6.44. The van der Waals surface area contributed by atoms with Gasteiger partial charge in [0, 0.05) is 18.7 Å². The zero-order valence-corrected chi connectivity index (χ0v) is 32.1. The van der Waals surface area contributed by atoms with E-state index in [4.69, 9.17) is 9.47 Å². The van der Waals surface area contributed by atoms with Crippen LogP contribution in [0, 0.1) is 5.41 Å². The van der Waals surface area contributed by atoms with Crippen LogP contribution in [-0.4, -0.2) is 84.1 Å². The Balaban J connectivity index is 1.22. The average molecular weight is 798 g/mol. The van der Waals surface area contributed by atoms with Gasteiger partial charge in [0.1, 0.15) is 16.4 Å². The normalized spacial score (nSPS) is 18.4. The third kappa shape index (κ3) is 8.64. The lowest BCUT2D eigenvalue weighted by Gasteiger charge is -2.47. The van der Waals surface area contributed by atoms with Gasteiger partial charge in [0.15, 0.2) is 5.82 Å². The number of tetrazole rings is 1. The lowest BCUT2D eigenvalue weighted by molar-refractivity contribution is -0.139. The number of nitrogens with zero attached hydrogens (tertiary/aromatic N) is 5. The van der Waals surface area contributed by atoms with E-state index in [9.17, 15) is 31.5 Å². The molecule has 1 aromatic heterocycles. The molecule has 17 heteroatoms. The van der Waals surface area contributed by atoms with Crippen LogP contribution in [0.3, 0.4) is 0 Å². The number of sulfonamides is 1. The number of benzene rings is 3. The molecule has 3 N–H and O–H groups in total. The van der Waals surface area contributed by atoms with Crippen molar-refractivity contribution in [3.05, 3.63) is 82.9 Å². The minimum Gasteiger partial charge on any atom is -0.497 e. The minimum absolute atomic E-state index is 0.0424. The van der Waals surface area contributed by atoms with Crippen LogP contribution >= 0.6 is 0 Å². The van der Waals surface area contributed by atoms with Crippen molar-refractivity contribution in [2.75, 3.05) is 33.9 Å². The van der Waals surface area contributed by atoms with Crippen molar-refractivity contribution < 1.29 is 41.0 Å². The molecule has 2 heterocycles. The first-order chi connectivity index (χ1) is 26.7. The van der Waals surface area contributed by atoms with E-state index in [1.807, 2.05) is 0 Å². The fourth-order valence-electron chi connectivity index (χ4n) is 8.41. The number of aromatic nitrogens is 4. The summed E-state index contributed by atoms with van der Waals surface area (Å²) in [6.45, 7) is 2.15. The molecule has 1 saturated heterocycles. The Morgan fingerprint density at radius 3 is 2.05 bits per heavy atom. The second-order valence-corrected chi connectivity index (χ2v) is 17.0. The van der Waals surface area contributed by atoms with Crippen LogP contribution in [0.2, 0.25) is 0 Å². The van der Waals surface area contributed by atoms with Crippen LogP contribution in [0.4, 0.5) is 18.0 Å². The van der Waals surface area contributed by atoms with Gasteiger partial charge < -0.3 is 24.8 Å². The number of alkyl halides is 3. The van der Waals surface area contributed by atoms with E-state index in [0.29, 0.717) is 42.0 Å². The Labute approximate surface area is 323 Å². The number of rotatable bonds is 13. The van der Waals surface area contributed by atoms with Gasteiger partial charge in [0.2, 0.25) is 10.0 Å². The van der Waals surface area contributed by atoms with E-state index in [0.717, 1.165) is 63.2 Å². The molecule has 0 atom stereocenters. The van der Waals surface area contributed by atoms with Gasteiger partial charge in [-0.3, -0.25) is 0 Å². The number of likely N-dealkylation sites (tertiary alicyclic amines) is 1. The fraction of sp³-hybridized carbons (Fsp3) is 0.487. The highest BCUT2D eigenvalue weighted by atomic mass is 32.2. The molecule has 13 nitrogen and oxygen atoms in total. The molecule has 56 heavy (non-hydrogen) atoms. The second kappa shape index (κ2) is 15.7. The predicted molar refractivity (Wildman–Crippen MR) is 200 cm³/mol. The van der Waals surface area contributed by atoms with Gasteiger partial charge in [-0.15, -0.1) is 5.10 Å². The summed E-state index contributed by atoms with van der Waals surface area (Å²) in [7, 11) is -1.80. The summed E-state index contributed by atoms with van der Waals surface area (Å²) < 4.78 is 87.8. The molecule has 0 bridgehead atoms. The summed E-state index contributed by atoms with van der Waals surface area (Å²) in [6, 6.07) is 15.9. The van der Waals surface area contributed by atoms with Crippen molar-refractivity contribution in [1.82, 2.24) is 35.1 Å². The zero-order chi connectivity index (χ0) is 39.7. The van der Waals surface area contributed by atoms with Gasteiger partial charge in [-0.25, -0.2) is 22.6 Å². The molecule has 1 aliphatic heterocycles. The number of hydrogen-bond donors (Lipinski definition) is 3. The molecule has 2 aliphatic carbocycles. The van der Waals surface area contributed by atoms with Gasteiger partial charge in [-0.05, 0) is 133 Å². The maximum atomic E-state index is 15.0. The molecule has 7 rings (SSSR count). The number of methoxy groups -OCH3 is 2. The Bertz CT molecular complexity index is 2120. The van der Waals surface area contributed by atoms with Crippen LogP contribution < -0.4 is 19.5 Å². The van der Waals surface area contributed by atoms with Crippen LogP contribution in [-0.2, 0) is 29.3 Å². The third-order valence-corrected chi connectivity index (χ3v) is 13.3. The van der Waals surface area contributed by atoms with Crippen molar-refractivity contribution >= 4 is 16.1 Å². The molecule has 4 aromatic rings. The zero-order valence-electron chi connectivity index (χ0n) is 31.3. The molecule has 0 unspecified atom stereocenters. The van der Waals surface area contributed by atoms with Gasteiger partial charge in [0.25, 0.3) is 0 Å². The number of nitrogens with one attached hydrogen (secondary N) is 2. The van der Waals surface area contributed by atoms with Crippen molar-refractivity contribution in [2.24, 2.45) is 5.41 Å². The largest absolute Gasteiger partial charge is 0.497 e. The quantitative estimate of drug-likeness (QED) is 0.137. The van der Waals surface area contributed by atoms with Crippen LogP contribution in [0.5, 0.6) is 11.5 Å². The molecular weight excluding hydrogens is 752 g/mol. The first-order valence-electron chi connectivity index (χ1n) is 18.7. The smallest absolute Gasteiger partial charge is 0.417 e.